The number of benzene rings is 1. The Morgan fingerprint density at radius 2 is 2.15 bits per heavy atom. The van der Waals surface area contributed by atoms with E-state index >= 15 is 0 Å². The van der Waals surface area contributed by atoms with Crippen molar-refractivity contribution in [3.63, 3.8) is 0 Å². The number of carbonyl (C=O) groups excluding carboxylic acids is 1. The number of carbonyl (C=O) groups is 1. The summed E-state index contributed by atoms with van der Waals surface area (Å²) >= 11 is 0. The number of anilines is 1. The third-order valence-electron chi connectivity index (χ3n) is 2.62. The van der Waals surface area contributed by atoms with E-state index in [1.165, 1.54) is 0 Å². The Morgan fingerprint density at radius 1 is 1.25 bits per heavy atom. The first-order valence-corrected chi connectivity index (χ1v) is 6.39. The van der Waals surface area contributed by atoms with Crippen LogP contribution >= 0.6 is 0 Å². The van der Waals surface area contributed by atoms with E-state index in [0.717, 1.165) is 5.69 Å². The lowest BCUT2D eigenvalue weighted by molar-refractivity contribution is -0.120. The Bertz CT molecular complexity index is 558. The summed E-state index contributed by atoms with van der Waals surface area (Å²) in [5, 5.41) is 2.78. The van der Waals surface area contributed by atoms with Crippen molar-refractivity contribution in [1.29, 1.82) is 0 Å². The highest BCUT2D eigenvalue weighted by Gasteiger charge is 2.03. The SMILES string of the molecule is Nc1cccc(OCCNC(=O)Cc2ccccn2)c1. The number of nitrogens with two attached hydrogens (primary N) is 1. The predicted octanol–water partition coefficient (Wildman–Crippen LogP) is 1.40. The fraction of sp³-hybridized carbons (Fsp3) is 0.200. The number of nitrogens with zero attached hydrogens (tertiary/aromatic N) is 1. The second-order valence-electron chi connectivity index (χ2n) is 4.27. The smallest absolute Gasteiger partial charge is 0.226 e. The molecule has 2 rings (SSSR count). The molecular formula is C15H17N3O2. The van der Waals surface area contributed by atoms with Crippen molar-refractivity contribution >= 4 is 11.6 Å². The van der Waals surface area contributed by atoms with Gasteiger partial charge < -0.3 is 15.8 Å². The van der Waals surface area contributed by atoms with Crippen molar-refractivity contribution in [2.45, 2.75) is 6.42 Å². The molecule has 0 fully saturated rings. The van der Waals surface area contributed by atoms with E-state index < -0.39 is 0 Å². The van der Waals surface area contributed by atoms with Gasteiger partial charge in [-0.2, -0.15) is 0 Å². The molecule has 0 aliphatic rings. The van der Waals surface area contributed by atoms with E-state index in [2.05, 4.69) is 10.3 Å². The number of rotatable bonds is 6. The van der Waals surface area contributed by atoms with Crippen molar-refractivity contribution in [3.05, 3.63) is 54.4 Å². The lowest BCUT2D eigenvalue weighted by Gasteiger charge is -2.08. The number of nitrogen functional groups attached to an aromatic ring is 1. The van der Waals surface area contributed by atoms with Gasteiger partial charge in [-0.15, -0.1) is 0 Å². The molecule has 5 heteroatoms. The molecule has 0 radical (unpaired) electrons. The monoisotopic (exact) mass is 271 g/mol. The maximum atomic E-state index is 11.7. The highest BCUT2D eigenvalue weighted by atomic mass is 16.5. The molecule has 2 aromatic rings. The van der Waals surface area contributed by atoms with Crippen molar-refractivity contribution in [1.82, 2.24) is 10.3 Å². The second-order valence-corrected chi connectivity index (χ2v) is 4.27. The molecule has 1 heterocycles. The predicted molar refractivity (Wildman–Crippen MR) is 77.3 cm³/mol. The third kappa shape index (κ3) is 4.61. The van der Waals surface area contributed by atoms with Gasteiger partial charge in [0.05, 0.1) is 13.0 Å². The van der Waals surface area contributed by atoms with Gasteiger partial charge >= 0.3 is 0 Å². The summed E-state index contributed by atoms with van der Waals surface area (Å²) in [6, 6.07) is 12.7. The highest BCUT2D eigenvalue weighted by Crippen LogP contribution is 2.13. The van der Waals surface area contributed by atoms with Gasteiger partial charge in [0, 0.05) is 23.6 Å². The topological polar surface area (TPSA) is 77.2 Å². The summed E-state index contributed by atoms with van der Waals surface area (Å²) in [5.74, 6) is 0.629. The molecule has 1 aromatic carbocycles. The lowest BCUT2D eigenvalue weighted by Crippen LogP contribution is -2.29. The molecule has 0 aliphatic carbocycles. The van der Waals surface area contributed by atoms with Crippen LogP contribution in [0.3, 0.4) is 0 Å². The molecule has 3 N–H and O–H groups in total. The van der Waals surface area contributed by atoms with Crippen LogP contribution < -0.4 is 15.8 Å². The minimum atomic E-state index is -0.0696. The maximum Gasteiger partial charge on any atom is 0.226 e. The first-order valence-electron chi connectivity index (χ1n) is 6.39. The molecule has 1 aromatic heterocycles. The average molecular weight is 271 g/mol. The number of amides is 1. The van der Waals surface area contributed by atoms with Crippen molar-refractivity contribution in [2.24, 2.45) is 0 Å². The first kappa shape index (κ1) is 13.9. The summed E-state index contributed by atoms with van der Waals surface area (Å²) in [7, 11) is 0. The largest absolute Gasteiger partial charge is 0.492 e. The molecule has 5 nitrogen and oxygen atoms in total. The van der Waals surface area contributed by atoms with Gasteiger partial charge in [0.1, 0.15) is 12.4 Å². The van der Waals surface area contributed by atoms with Crippen molar-refractivity contribution < 1.29 is 9.53 Å². The van der Waals surface area contributed by atoms with Gasteiger partial charge in [-0.05, 0) is 24.3 Å². The van der Waals surface area contributed by atoms with Crippen LogP contribution in [0.1, 0.15) is 5.69 Å². The standard InChI is InChI=1S/C15H17N3O2/c16-12-4-3-6-14(10-12)20-9-8-18-15(19)11-13-5-1-2-7-17-13/h1-7,10H,8-9,11,16H2,(H,18,19). The van der Waals surface area contributed by atoms with Crippen molar-refractivity contribution in [2.75, 3.05) is 18.9 Å². The van der Waals surface area contributed by atoms with Crippen LogP contribution in [0.5, 0.6) is 5.75 Å². The molecule has 0 bridgehead atoms. The molecule has 20 heavy (non-hydrogen) atoms. The van der Waals surface area contributed by atoms with Gasteiger partial charge in [-0.1, -0.05) is 12.1 Å². The van der Waals surface area contributed by atoms with Gasteiger partial charge in [0.2, 0.25) is 5.91 Å². The van der Waals surface area contributed by atoms with Crippen LogP contribution in [0.2, 0.25) is 0 Å². The molecule has 0 atom stereocenters. The van der Waals surface area contributed by atoms with Gasteiger partial charge in [-0.25, -0.2) is 0 Å². The van der Waals surface area contributed by atoms with Crippen LogP contribution in [-0.4, -0.2) is 24.0 Å². The minimum Gasteiger partial charge on any atom is -0.492 e. The summed E-state index contributed by atoms with van der Waals surface area (Å²) in [5.41, 5.74) is 7.05. The minimum absolute atomic E-state index is 0.0696. The zero-order valence-corrected chi connectivity index (χ0v) is 11.1. The number of nitrogens with one attached hydrogen (secondary N) is 1. The van der Waals surface area contributed by atoms with Crippen LogP contribution in [0.25, 0.3) is 0 Å². The van der Waals surface area contributed by atoms with E-state index in [4.69, 9.17) is 10.5 Å². The van der Waals surface area contributed by atoms with Gasteiger partial charge in [0.15, 0.2) is 0 Å². The highest BCUT2D eigenvalue weighted by molar-refractivity contribution is 5.78. The summed E-state index contributed by atoms with van der Waals surface area (Å²) in [6.45, 7) is 0.845. The number of hydrogen-bond donors (Lipinski definition) is 2. The molecule has 0 saturated heterocycles. The number of pyridine rings is 1. The quantitative estimate of drug-likeness (QED) is 0.615. The Labute approximate surface area is 117 Å². The molecule has 0 unspecified atom stereocenters. The fourth-order valence-corrected chi connectivity index (χ4v) is 1.69. The third-order valence-corrected chi connectivity index (χ3v) is 2.62. The van der Waals surface area contributed by atoms with Crippen LogP contribution in [0, 0.1) is 0 Å². The molecular weight excluding hydrogens is 254 g/mol. The summed E-state index contributed by atoms with van der Waals surface area (Å²) in [4.78, 5) is 15.7. The average Bonchev–Trinajstić information content (AvgIpc) is 2.45. The molecule has 0 aliphatic heterocycles. The van der Waals surface area contributed by atoms with E-state index in [1.807, 2.05) is 30.3 Å². The fourth-order valence-electron chi connectivity index (χ4n) is 1.69. The Hall–Kier alpha value is -2.56. The lowest BCUT2D eigenvalue weighted by atomic mass is 10.2. The summed E-state index contributed by atoms with van der Waals surface area (Å²) < 4.78 is 5.48. The zero-order chi connectivity index (χ0) is 14.2. The van der Waals surface area contributed by atoms with E-state index in [9.17, 15) is 4.79 Å². The second kappa shape index (κ2) is 7.13. The molecule has 0 spiro atoms. The van der Waals surface area contributed by atoms with Gasteiger partial charge in [-0.3, -0.25) is 9.78 Å². The normalized spacial score (nSPS) is 10.0. The Morgan fingerprint density at radius 3 is 2.90 bits per heavy atom. The van der Waals surface area contributed by atoms with Gasteiger partial charge in [0.25, 0.3) is 0 Å². The Kier molecular flexibility index (Phi) is 4.94. The van der Waals surface area contributed by atoms with E-state index in [1.54, 1.807) is 18.3 Å². The molecule has 1 amide bonds. The Balaban J connectivity index is 1.67. The van der Waals surface area contributed by atoms with Crippen LogP contribution in [-0.2, 0) is 11.2 Å². The molecule has 0 saturated carbocycles. The number of aromatic nitrogens is 1. The number of hydrogen-bond acceptors (Lipinski definition) is 4. The van der Waals surface area contributed by atoms with Crippen LogP contribution in [0.15, 0.2) is 48.7 Å². The zero-order valence-electron chi connectivity index (χ0n) is 11.1. The first-order chi connectivity index (χ1) is 9.74. The van der Waals surface area contributed by atoms with E-state index in [-0.39, 0.29) is 12.3 Å². The maximum absolute atomic E-state index is 11.7. The summed E-state index contributed by atoms with van der Waals surface area (Å²) in [6.07, 6.45) is 1.95. The van der Waals surface area contributed by atoms with Crippen molar-refractivity contribution in [3.8, 4) is 5.75 Å². The van der Waals surface area contributed by atoms with E-state index in [0.29, 0.717) is 24.6 Å². The molecule has 104 valence electrons. The van der Waals surface area contributed by atoms with Crippen LogP contribution in [0.4, 0.5) is 5.69 Å². The number of ether oxygens (including phenoxy) is 1.